The molecule has 4 rings (SSSR count). The first kappa shape index (κ1) is 17.1. The van der Waals surface area contributed by atoms with E-state index in [1.807, 2.05) is 23.1 Å². The summed E-state index contributed by atoms with van der Waals surface area (Å²) in [7, 11) is 0. The zero-order chi connectivity index (χ0) is 18.1. The lowest BCUT2D eigenvalue weighted by atomic mass is 9.94. The Morgan fingerprint density at radius 2 is 1.92 bits per heavy atom. The molecule has 0 bridgehead atoms. The average Bonchev–Trinajstić information content (AvgIpc) is 3.19. The maximum atomic E-state index is 12.4. The van der Waals surface area contributed by atoms with Gasteiger partial charge in [0.1, 0.15) is 0 Å². The van der Waals surface area contributed by atoms with Crippen molar-refractivity contribution in [1.82, 2.24) is 4.90 Å². The van der Waals surface area contributed by atoms with Gasteiger partial charge in [-0.2, -0.15) is 0 Å². The first-order chi connectivity index (χ1) is 12.5. The molecule has 1 saturated carbocycles. The minimum absolute atomic E-state index is 0.159. The van der Waals surface area contributed by atoms with Gasteiger partial charge in [0.2, 0.25) is 11.8 Å². The predicted octanol–water partition coefficient (Wildman–Crippen LogP) is 2.01. The highest BCUT2D eigenvalue weighted by atomic mass is 16.7. The van der Waals surface area contributed by atoms with Crippen molar-refractivity contribution in [2.24, 2.45) is 5.73 Å². The van der Waals surface area contributed by atoms with Crippen molar-refractivity contribution in [3.63, 3.8) is 0 Å². The van der Waals surface area contributed by atoms with Crippen LogP contribution in [0.1, 0.15) is 44.9 Å². The quantitative estimate of drug-likeness (QED) is 0.858. The average molecular weight is 359 g/mol. The van der Waals surface area contributed by atoms with E-state index in [0.29, 0.717) is 24.4 Å². The maximum Gasteiger partial charge on any atom is 0.251 e. The van der Waals surface area contributed by atoms with E-state index in [4.69, 9.17) is 15.2 Å². The molecule has 0 unspecified atom stereocenters. The van der Waals surface area contributed by atoms with Crippen LogP contribution in [0, 0.1) is 0 Å². The first-order valence-electron chi connectivity index (χ1n) is 9.40. The van der Waals surface area contributed by atoms with Gasteiger partial charge in [0, 0.05) is 24.6 Å². The van der Waals surface area contributed by atoms with Crippen molar-refractivity contribution in [3.05, 3.63) is 18.2 Å². The number of anilines is 1. The number of nitrogens with zero attached hydrogens (tertiary/aromatic N) is 1. The number of rotatable bonds is 4. The molecule has 1 aromatic rings. The topological polar surface area (TPSA) is 93.9 Å². The Labute approximate surface area is 152 Å². The molecule has 3 N–H and O–H groups in total. The second-order valence-corrected chi connectivity index (χ2v) is 7.42. The molecule has 3 aliphatic rings. The van der Waals surface area contributed by atoms with Gasteiger partial charge in [-0.15, -0.1) is 0 Å². The molecular formula is C19H25N3O4. The molecule has 26 heavy (non-hydrogen) atoms. The number of hydrogen-bond donors (Lipinski definition) is 2. The molecule has 2 amide bonds. The number of carbonyl (C=O) groups excluding carboxylic acids is 2. The minimum Gasteiger partial charge on any atom is -0.448 e. The minimum atomic E-state index is -0.520. The lowest BCUT2D eigenvalue weighted by molar-refractivity contribution is -0.123. The zero-order valence-electron chi connectivity index (χ0n) is 14.8. The van der Waals surface area contributed by atoms with Gasteiger partial charge >= 0.3 is 0 Å². The van der Waals surface area contributed by atoms with Gasteiger partial charge in [-0.05, 0) is 44.4 Å². The van der Waals surface area contributed by atoms with Crippen LogP contribution in [0.3, 0.4) is 0 Å². The van der Waals surface area contributed by atoms with Crippen LogP contribution in [0.4, 0.5) is 5.69 Å². The third-order valence-corrected chi connectivity index (χ3v) is 5.47. The maximum absolute atomic E-state index is 12.4. The molecule has 7 nitrogen and oxygen atoms in total. The second-order valence-electron chi connectivity index (χ2n) is 7.42. The standard InChI is InChI=1S/C19H25N3O4/c20-18(24)14-5-4-10-22(14)12-17(23)21-13-6-7-15-16(11-13)26-19(25-15)8-2-1-3-9-19/h6-7,11,14H,1-5,8-10,12H2,(H2,20,24)(H,21,23)/t14-/m1/s1. The number of fused-ring (bicyclic) bond motifs is 1. The number of nitrogens with two attached hydrogens (primary N) is 1. The normalized spacial score (nSPS) is 23.9. The van der Waals surface area contributed by atoms with Gasteiger partial charge in [0.15, 0.2) is 11.5 Å². The largest absolute Gasteiger partial charge is 0.448 e. The molecule has 0 radical (unpaired) electrons. The fourth-order valence-electron chi connectivity index (χ4n) is 4.19. The van der Waals surface area contributed by atoms with Gasteiger partial charge < -0.3 is 20.5 Å². The van der Waals surface area contributed by atoms with Crippen LogP contribution in [0.25, 0.3) is 0 Å². The highest BCUT2D eigenvalue weighted by Crippen LogP contribution is 2.46. The molecule has 1 aromatic carbocycles. The van der Waals surface area contributed by atoms with Crippen LogP contribution in [-0.4, -0.2) is 41.6 Å². The fourth-order valence-corrected chi connectivity index (χ4v) is 4.19. The highest BCUT2D eigenvalue weighted by molar-refractivity contribution is 5.93. The summed E-state index contributed by atoms with van der Waals surface area (Å²) >= 11 is 0. The Bertz CT molecular complexity index is 715. The molecule has 1 saturated heterocycles. The third-order valence-electron chi connectivity index (χ3n) is 5.47. The molecule has 1 spiro atoms. The summed E-state index contributed by atoms with van der Waals surface area (Å²) < 4.78 is 12.1. The molecule has 140 valence electrons. The van der Waals surface area contributed by atoms with Gasteiger partial charge in [-0.3, -0.25) is 14.5 Å². The summed E-state index contributed by atoms with van der Waals surface area (Å²) in [6.07, 6.45) is 6.82. The fraction of sp³-hybridized carbons (Fsp3) is 0.579. The molecule has 2 fully saturated rings. The number of nitrogens with one attached hydrogen (secondary N) is 1. The summed E-state index contributed by atoms with van der Waals surface area (Å²) in [5.41, 5.74) is 6.07. The van der Waals surface area contributed by atoms with E-state index >= 15 is 0 Å². The Morgan fingerprint density at radius 1 is 1.15 bits per heavy atom. The number of primary amides is 1. The van der Waals surface area contributed by atoms with E-state index in [-0.39, 0.29) is 24.4 Å². The molecule has 7 heteroatoms. The van der Waals surface area contributed by atoms with E-state index in [1.54, 1.807) is 0 Å². The van der Waals surface area contributed by atoms with Crippen molar-refractivity contribution >= 4 is 17.5 Å². The highest BCUT2D eigenvalue weighted by Gasteiger charge is 2.42. The Hall–Kier alpha value is -2.28. The summed E-state index contributed by atoms with van der Waals surface area (Å²) in [5.74, 6) is 0.368. The number of hydrogen-bond acceptors (Lipinski definition) is 5. The number of amides is 2. The van der Waals surface area contributed by atoms with Crippen LogP contribution in [0.2, 0.25) is 0 Å². The van der Waals surface area contributed by atoms with E-state index in [1.165, 1.54) is 6.42 Å². The Morgan fingerprint density at radius 3 is 2.69 bits per heavy atom. The monoisotopic (exact) mass is 359 g/mol. The zero-order valence-corrected chi connectivity index (χ0v) is 14.8. The number of likely N-dealkylation sites (tertiary alicyclic amines) is 1. The third kappa shape index (κ3) is 3.35. The van der Waals surface area contributed by atoms with Crippen molar-refractivity contribution in [3.8, 4) is 11.5 Å². The molecule has 2 aliphatic heterocycles. The Kier molecular flexibility index (Phi) is 4.48. The van der Waals surface area contributed by atoms with Crippen LogP contribution in [0.15, 0.2) is 18.2 Å². The molecule has 1 aliphatic carbocycles. The van der Waals surface area contributed by atoms with Gasteiger partial charge in [0.05, 0.1) is 12.6 Å². The number of carbonyl (C=O) groups is 2. The number of benzene rings is 1. The smallest absolute Gasteiger partial charge is 0.251 e. The van der Waals surface area contributed by atoms with Crippen LogP contribution in [-0.2, 0) is 9.59 Å². The molecule has 2 heterocycles. The second kappa shape index (κ2) is 6.79. The lowest BCUT2D eigenvalue weighted by Crippen LogP contribution is -2.43. The predicted molar refractivity (Wildman–Crippen MR) is 95.9 cm³/mol. The van der Waals surface area contributed by atoms with Crippen LogP contribution < -0.4 is 20.5 Å². The molecule has 1 atom stereocenters. The molecular weight excluding hydrogens is 334 g/mol. The van der Waals surface area contributed by atoms with Gasteiger partial charge in [-0.1, -0.05) is 6.42 Å². The van der Waals surface area contributed by atoms with Crippen molar-refractivity contribution in [2.45, 2.75) is 56.8 Å². The summed E-state index contributed by atoms with van der Waals surface area (Å²) in [6.45, 7) is 0.872. The van der Waals surface area contributed by atoms with Gasteiger partial charge in [0.25, 0.3) is 5.79 Å². The van der Waals surface area contributed by atoms with Gasteiger partial charge in [-0.25, -0.2) is 0 Å². The van der Waals surface area contributed by atoms with E-state index in [9.17, 15) is 9.59 Å². The summed E-state index contributed by atoms with van der Waals surface area (Å²) in [6, 6.07) is 5.13. The van der Waals surface area contributed by atoms with Crippen LogP contribution >= 0.6 is 0 Å². The molecule has 0 aromatic heterocycles. The van der Waals surface area contributed by atoms with E-state index < -0.39 is 5.79 Å². The Balaban J connectivity index is 1.39. The van der Waals surface area contributed by atoms with Crippen LogP contribution in [0.5, 0.6) is 11.5 Å². The van der Waals surface area contributed by atoms with Crippen molar-refractivity contribution < 1.29 is 19.1 Å². The first-order valence-corrected chi connectivity index (χ1v) is 9.40. The van der Waals surface area contributed by atoms with Crippen molar-refractivity contribution in [2.75, 3.05) is 18.4 Å². The van der Waals surface area contributed by atoms with Crippen molar-refractivity contribution in [1.29, 1.82) is 0 Å². The van der Waals surface area contributed by atoms with E-state index in [0.717, 1.165) is 37.9 Å². The lowest BCUT2D eigenvalue weighted by Gasteiger charge is -2.31. The SMILES string of the molecule is NC(=O)[C@H]1CCCN1CC(=O)Nc1ccc2c(c1)OC1(CCCCC1)O2. The summed E-state index contributed by atoms with van der Waals surface area (Å²) in [4.78, 5) is 25.6. The number of ether oxygens (including phenoxy) is 2. The summed E-state index contributed by atoms with van der Waals surface area (Å²) in [5, 5.41) is 2.88. The van der Waals surface area contributed by atoms with E-state index in [2.05, 4.69) is 5.32 Å².